The number of amides is 2. The van der Waals surface area contributed by atoms with Gasteiger partial charge < -0.3 is 15.1 Å². The maximum absolute atomic E-state index is 12.5. The molecule has 2 amide bonds. The van der Waals surface area contributed by atoms with Crippen LogP contribution in [0, 0.1) is 0 Å². The van der Waals surface area contributed by atoms with Gasteiger partial charge in [0.05, 0.1) is 11.9 Å². The van der Waals surface area contributed by atoms with Gasteiger partial charge in [-0.25, -0.2) is 4.98 Å². The first kappa shape index (κ1) is 23.3. The van der Waals surface area contributed by atoms with E-state index in [1.54, 1.807) is 30.3 Å². The zero-order valence-electron chi connectivity index (χ0n) is 18.8. The molecule has 9 heteroatoms. The molecule has 34 heavy (non-hydrogen) atoms. The van der Waals surface area contributed by atoms with Crippen molar-refractivity contribution >= 4 is 29.1 Å². The van der Waals surface area contributed by atoms with Crippen LogP contribution in [0.5, 0.6) is 0 Å². The fourth-order valence-corrected chi connectivity index (χ4v) is 3.62. The Morgan fingerprint density at radius 2 is 1.79 bits per heavy atom. The van der Waals surface area contributed by atoms with Crippen LogP contribution in [0.3, 0.4) is 0 Å². The fourth-order valence-electron chi connectivity index (χ4n) is 3.42. The van der Waals surface area contributed by atoms with Gasteiger partial charge >= 0.3 is 0 Å². The van der Waals surface area contributed by atoms with Crippen LogP contribution in [-0.4, -0.2) is 33.0 Å². The lowest BCUT2D eigenvalue weighted by Crippen LogP contribution is -2.33. The molecule has 2 aromatic heterocycles. The van der Waals surface area contributed by atoms with Crippen molar-refractivity contribution in [2.24, 2.45) is 0 Å². The molecule has 2 heterocycles. The molecule has 0 fully saturated rings. The molecule has 3 N–H and O–H groups in total. The van der Waals surface area contributed by atoms with Crippen LogP contribution in [0.15, 0.2) is 65.2 Å². The summed E-state index contributed by atoms with van der Waals surface area (Å²) in [6, 6.07) is 16.0. The van der Waals surface area contributed by atoms with Gasteiger partial charge in [0.2, 0.25) is 11.7 Å². The molecule has 0 atom stereocenters. The number of carbonyl (C=O) groups is 2. The van der Waals surface area contributed by atoms with E-state index in [2.05, 4.69) is 25.8 Å². The Bertz CT molecular complexity index is 1310. The summed E-state index contributed by atoms with van der Waals surface area (Å²) in [5.41, 5.74) is 3.01. The summed E-state index contributed by atoms with van der Waals surface area (Å²) in [6.07, 6.45) is 3.10. The summed E-state index contributed by atoms with van der Waals surface area (Å²) < 4.78 is 5.69. The first-order valence-corrected chi connectivity index (χ1v) is 11.3. The van der Waals surface area contributed by atoms with Gasteiger partial charge in [-0.1, -0.05) is 43.6 Å². The number of anilines is 1. The monoisotopic (exact) mass is 477 g/mol. The van der Waals surface area contributed by atoms with Crippen molar-refractivity contribution in [3.8, 4) is 22.7 Å². The Morgan fingerprint density at radius 3 is 2.56 bits per heavy atom. The number of benzene rings is 2. The Kier molecular flexibility index (Phi) is 7.08. The van der Waals surface area contributed by atoms with Crippen molar-refractivity contribution in [2.45, 2.75) is 32.7 Å². The summed E-state index contributed by atoms with van der Waals surface area (Å²) in [6.45, 7) is 4.07. The van der Waals surface area contributed by atoms with E-state index in [0.29, 0.717) is 33.6 Å². The van der Waals surface area contributed by atoms with E-state index in [-0.39, 0.29) is 17.7 Å². The lowest BCUT2D eigenvalue weighted by atomic mass is 10.1. The van der Waals surface area contributed by atoms with Crippen LogP contribution in [0.1, 0.15) is 47.7 Å². The highest BCUT2D eigenvalue weighted by Gasteiger charge is 2.17. The average Bonchev–Trinajstić information content (AvgIpc) is 3.53. The Morgan fingerprint density at radius 1 is 1.03 bits per heavy atom. The second-order valence-electron chi connectivity index (χ2n) is 7.73. The minimum absolute atomic E-state index is 0.0699. The number of oxazole rings is 1. The average molecular weight is 478 g/mol. The quantitative estimate of drug-likeness (QED) is 0.307. The minimum atomic E-state index is -0.433. The van der Waals surface area contributed by atoms with Gasteiger partial charge in [-0.15, -0.1) is 0 Å². The number of halogens is 1. The topological polar surface area (TPSA) is 113 Å². The van der Waals surface area contributed by atoms with Gasteiger partial charge in [0, 0.05) is 27.9 Å². The van der Waals surface area contributed by atoms with Gasteiger partial charge in [0.25, 0.3) is 11.8 Å². The second-order valence-corrected chi connectivity index (χ2v) is 8.17. The highest BCUT2D eigenvalue weighted by molar-refractivity contribution is 6.30. The van der Waals surface area contributed by atoms with Crippen LogP contribution >= 0.6 is 11.6 Å². The van der Waals surface area contributed by atoms with E-state index in [0.717, 1.165) is 18.4 Å². The first-order chi connectivity index (χ1) is 16.5. The lowest BCUT2D eigenvalue weighted by molar-refractivity contribution is 0.0929. The number of nitrogens with zero attached hydrogens (tertiary/aromatic N) is 2. The molecule has 0 saturated carbocycles. The molecule has 0 spiro atoms. The molecular formula is C25H24ClN5O3. The standard InChI is InChI=1S/C25H24ClN5O3/c1-3-18(4-2)28-23(32)21-13-20(30-31-21)15-7-5-8-16(11-15)25-27-14-22(34-25)24(33)29-19-10-6-9-17(26)12-19/h5-14,18H,3-4H2,1-2H3,(H,28,32)(H,29,33)(H,30,31). The zero-order valence-corrected chi connectivity index (χ0v) is 19.5. The van der Waals surface area contributed by atoms with Crippen molar-refractivity contribution in [2.75, 3.05) is 5.32 Å². The Hall–Kier alpha value is -3.91. The normalized spacial score (nSPS) is 10.9. The molecule has 4 rings (SSSR count). The number of hydrogen-bond donors (Lipinski definition) is 3. The van der Waals surface area contributed by atoms with Gasteiger partial charge in [0.15, 0.2) is 0 Å². The summed E-state index contributed by atoms with van der Waals surface area (Å²) in [5.74, 6) is -0.259. The highest BCUT2D eigenvalue weighted by Crippen LogP contribution is 2.26. The Labute approximate surface area is 201 Å². The number of aromatic nitrogens is 3. The lowest BCUT2D eigenvalue weighted by Gasteiger charge is -2.13. The van der Waals surface area contributed by atoms with Crippen LogP contribution in [-0.2, 0) is 0 Å². The number of nitrogens with one attached hydrogen (secondary N) is 3. The molecule has 0 saturated heterocycles. The fraction of sp³-hybridized carbons (Fsp3) is 0.200. The maximum atomic E-state index is 12.5. The number of carbonyl (C=O) groups excluding carboxylic acids is 2. The summed E-state index contributed by atoms with van der Waals surface area (Å²) in [5, 5.41) is 13.3. The van der Waals surface area contributed by atoms with Crippen LogP contribution < -0.4 is 10.6 Å². The van der Waals surface area contributed by atoms with Gasteiger partial charge in [-0.05, 0) is 49.2 Å². The molecule has 8 nitrogen and oxygen atoms in total. The number of hydrogen-bond acceptors (Lipinski definition) is 5. The molecule has 4 aromatic rings. The number of rotatable bonds is 8. The van der Waals surface area contributed by atoms with Crippen molar-refractivity contribution in [1.82, 2.24) is 20.5 Å². The maximum Gasteiger partial charge on any atom is 0.293 e. The van der Waals surface area contributed by atoms with Crippen LogP contribution in [0.4, 0.5) is 5.69 Å². The van der Waals surface area contributed by atoms with Crippen LogP contribution in [0.25, 0.3) is 22.7 Å². The molecular weight excluding hydrogens is 454 g/mol. The molecule has 2 aromatic carbocycles. The second kappa shape index (κ2) is 10.4. The molecule has 174 valence electrons. The number of H-pyrrole nitrogens is 1. The highest BCUT2D eigenvalue weighted by atomic mass is 35.5. The smallest absolute Gasteiger partial charge is 0.293 e. The predicted molar refractivity (Wildman–Crippen MR) is 131 cm³/mol. The van der Waals surface area contributed by atoms with E-state index >= 15 is 0 Å². The molecule has 0 unspecified atom stereocenters. The number of aromatic amines is 1. The van der Waals surface area contributed by atoms with Crippen molar-refractivity contribution in [1.29, 1.82) is 0 Å². The zero-order chi connectivity index (χ0) is 24.1. The first-order valence-electron chi connectivity index (χ1n) is 11.0. The van der Waals surface area contributed by atoms with E-state index < -0.39 is 5.91 Å². The summed E-state index contributed by atoms with van der Waals surface area (Å²) >= 11 is 5.96. The van der Waals surface area contributed by atoms with Crippen molar-refractivity contribution in [3.63, 3.8) is 0 Å². The van der Waals surface area contributed by atoms with E-state index in [4.69, 9.17) is 16.0 Å². The SMILES string of the molecule is CCC(CC)NC(=O)c1cc(-c2cccc(-c3ncc(C(=O)Nc4cccc(Cl)c4)o3)c2)n[nH]1. The van der Waals surface area contributed by atoms with Crippen molar-refractivity contribution < 1.29 is 14.0 Å². The van der Waals surface area contributed by atoms with Gasteiger partial charge in [0.1, 0.15) is 5.69 Å². The van der Waals surface area contributed by atoms with E-state index in [1.165, 1.54) is 6.20 Å². The van der Waals surface area contributed by atoms with E-state index in [9.17, 15) is 9.59 Å². The molecule has 0 radical (unpaired) electrons. The van der Waals surface area contributed by atoms with Gasteiger partial charge in [-0.3, -0.25) is 14.7 Å². The van der Waals surface area contributed by atoms with Gasteiger partial charge in [-0.2, -0.15) is 5.10 Å². The molecule has 0 bridgehead atoms. The third-order valence-electron chi connectivity index (χ3n) is 5.36. The summed E-state index contributed by atoms with van der Waals surface area (Å²) in [7, 11) is 0. The van der Waals surface area contributed by atoms with Crippen LogP contribution in [0.2, 0.25) is 5.02 Å². The molecule has 0 aliphatic heterocycles. The third-order valence-corrected chi connectivity index (χ3v) is 5.60. The predicted octanol–water partition coefficient (Wildman–Crippen LogP) is 5.56. The van der Waals surface area contributed by atoms with Crippen molar-refractivity contribution in [3.05, 3.63) is 77.3 Å². The molecule has 0 aliphatic carbocycles. The largest absolute Gasteiger partial charge is 0.431 e. The third kappa shape index (κ3) is 5.35. The Balaban J connectivity index is 1.49. The minimum Gasteiger partial charge on any atom is -0.431 e. The van der Waals surface area contributed by atoms with E-state index in [1.807, 2.05) is 38.1 Å². The summed E-state index contributed by atoms with van der Waals surface area (Å²) in [4.78, 5) is 29.2. The molecule has 0 aliphatic rings.